The van der Waals surface area contributed by atoms with Gasteiger partial charge in [-0.1, -0.05) is 30.3 Å². The molecule has 3 amide bonds. The normalized spacial score (nSPS) is 14.7. The summed E-state index contributed by atoms with van der Waals surface area (Å²) in [5, 5.41) is 2.22. The molecule has 0 radical (unpaired) electrons. The van der Waals surface area contributed by atoms with Crippen LogP contribution in [0.2, 0.25) is 0 Å². The van der Waals surface area contributed by atoms with E-state index in [1.807, 2.05) is 32.0 Å². The molecule has 0 saturated carbocycles. The number of ketones is 1. The molecule has 8 heteroatoms. The second kappa shape index (κ2) is 9.52. The lowest BCUT2D eigenvalue weighted by atomic mass is 10.1. The molecule has 172 valence electrons. The van der Waals surface area contributed by atoms with Gasteiger partial charge in [0.25, 0.3) is 11.1 Å². The first-order valence-corrected chi connectivity index (χ1v) is 11.4. The number of benzene rings is 2. The molecule has 2 heterocycles. The number of carbonyl (C=O) groups is 4. The summed E-state index contributed by atoms with van der Waals surface area (Å²) in [5.74, 6) is -0.0634. The maximum Gasteiger partial charge on any atom is 0.294 e. The van der Waals surface area contributed by atoms with Crippen LogP contribution in [0.1, 0.15) is 34.2 Å². The minimum absolute atomic E-state index is 0.0231. The zero-order chi connectivity index (χ0) is 24.4. The Morgan fingerprint density at radius 1 is 1.00 bits per heavy atom. The number of furan rings is 1. The standard InChI is InChI=1S/C26H22N2O5S/c1-15-10-16(2)12-20(11-15)27-24(30)14-28-25(31)23(34-26(28)32)13-21-8-9-22(33-21)19-6-4-18(5-7-19)17(3)29/h4-13H,14H2,1-3H3,(H,27,30)/b23-13+. The van der Waals surface area contributed by atoms with Crippen LogP contribution in [0.5, 0.6) is 0 Å². The first-order valence-electron chi connectivity index (χ1n) is 10.5. The number of hydrogen-bond acceptors (Lipinski definition) is 6. The van der Waals surface area contributed by atoms with E-state index in [1.54, 1.807) is 36.4 Å². The van der Waals surface area contributed by atoms with Gasteiger partial charge in [0.1, 0.15) is 18.1 Å². The molecule has 0 aliphatic carbocycles. The number of carbonyl (C=O) groups excluding carboxylic acids is 4. The van der Waals surface area contributed by atoms with E-state index in [9.17, 15) is 19.2 Å². The summed E-state index contributed by atoms with van der Waals surface area (Å²) in [7, 11) is 0. The minimum Gasteiger partial charge on any atom is -0.457 e. The summed E-state index contributed by atoms with van der Waals surface area (Å²) in [6, 6.07) is 16.1. The van der Waals surface area contributed by atoms with Crippen LogP contribution in [-0.4, -0.2) is 34.3 Å². The topological polar surface area (TPSA) is 96.7 Å². The van der Waals surface area contributed by atoms with Gasteiger partial charge in [0.2, 0.25) is 5.91 Å². The summed E-state index contributed by atoms with van der Waals surface area (Å²) in [4.78, 5) is 50.1. The van der Waals surface area contributed by atoms with Crippen molar-refractivity contribution < 1.29 is 23.6 Å². The molecule has 0 unspecified atom stereocenters. The summed E-state index contributed by atoms with van der Waals surface area (Å²) in [5.41, 5.74) is 3.99. The van der Waals surface area contributed by atoms with E-state index in [0.717, 1.165) is 33.4 Å². The molecular weight excluding hydrogens is 452 g/mol. The summed E-state index contributed by atoms with van der Waals surface area (Å²) in [6.45, 7) is 4.97. The molecule has 1 fully saturated rings. The molecular formula is C26H22N2O5S. The number of Topliss-reactive ketones (excluding diaryl/α,β-unsaturated/α-hetero) is 1. The average Bonchev–Trinajstić information content (AvgIpc) is 3.33. The van der Waals surface area contributed by atoms with Crippen LogP contribution in [0.25, 0.3) is 17.4 Å². The Bertz CT molecular complexity index is 1320. The number of nitrogens with zero attached hydrogens (tertiary/aromatic N) is 1. The van der Waals surface area contributed by atoms with Crippen molar-refractivity contribution >= 4 is 46.4 Å². The Morgan fingerprint density at radius 2 is 1.68 bits per heavy atom. The Labute approximate surface area is 200 Å². The fraction of sp³-hybridized carbons (Fsp3) is 0.154. The maximum atomic E-state index is 12.8. The van der Waals surface area contributed by atoms with Crippen molar-refractivity contribution in [2.24, 2.45) is 0 Å². The van der Waals surface area contributed by atoms with Gasteiger partial charge in [0, 0.05) is 22.9 Å². The van der Waals surface area contributed by atoms with Gasteiger partial charge in [0.05, 0.1) is 4.91 Å². The number of aryl methyl sites for hydroxylation is 2. The molecule has 2 aromatic carbocycles. The zero-order valence-electron chi connectivity index (χ0n) is 18.9. The van der Waals surface area contributed by atoms with Crippen LogP contribution < -0.4 is 5.32 Å². The third kappa shape index (κ3) is 5.18. The number of anilines is 1. The lowest BCUT2D eigenvalue weighted by Crippen LogP contribution is -2.36. The predicted octanol–water partition coefficient (Wildman–Crippen LogP) is 5.44. The van der Waals surface area contributed by atoms with Gasteiger partial charge in [-0.25, -0.2) is 0 Å². The van der Waals surface area contributed by atoms with Crippen LogP contribution in [0.15, 0.2) is 63.9 Å². The second-order valence-corrected chi connectivity index (χ2v) is 9.02. The van der Waals surface area contributed by atoms with Crippen LogP contribution >= 0.6 is 11.8 Å². The van der Waals surface area contributed by atoms with E-state index in [1.165, 1.54) is 13.0 Å². The van der Waals surface area contributed by atoms with E-state index in [0.29, 0.717) is 22.8 Å². The Kier molecular flexibility index (Phi) is 6.51. The van der Waals surface area contributed by atoms with E-state index in [-0.39, 0.29) is 17.2 Å². The van der Waals surface area contributed by atoms with Crippen molar-refractivity contribution in [2.75, 3.05) is 11.9 Å². The lowest BCUT2D eigenvalue weighted by molar-refractivity contribution is -0.127. The Hall–Kier alpha value is -3.91. The van der Waals surface area contributed by atoms with Crippen LogP contribution in [0.3, 0.4) is 0 Å². The van der Waals surface area contributed by atoms with Crippen LogP contribution in [0.4, 0.5) is 10.5 Å². The van der Waals surface area contributed by atoms with Crippen molar-refractivity contribution in [3.8, 4) is 11.3 Å². The third-order valence-electron chi connectivity index (χ3n) is 5.16. The molecule has 1 aliphatic heterocycles. The fourth-order valence-corrected chi connectivity index (χ4v) is 4.43. The Morgan fingerprint density at radius 3 is 2.32 bits per heavy atom. The van der Waals surface area contributed by atoms with E-state index < -0.39 is 17.1 Å². The molecule has 0 atom stereocenters. The first kappa shape index (κ1) is 23.3. The smallest absolute Gasteiger partial charge is 0.294 e. The van der Waals surface area contributed by atoms with Crippen molar-refractivity contribution in [3.63, 3.8) is 0 Å². The maximum absolute atomic E-state index is 12.8. The van der Waals surface area contributed by atoms with Gasteiger partial charge >= 0.3 is 0 Å². The van der Waals surface area contributed by atoms with E-state index in [2.05, 4.69) is 5.32 Å². The molecule has 3 aromatic rings. The fourth-order valence-electron chi connectivity index (χ4n) is 3.61. The molecule has 1 N–H and O–H groups in total. The lowest BCUT2D eigenvalue weighted by Gasteiger charge is -2.13. The van der Waals surface area contributed by atoms with Crippen molar-refractivity contribution in [1.82, 2.24) is 4.90 Å². The number of amides is 3. The largest absolute Gasteiger partial charge is 0.457 e. The van der Waals surface area contributed by atoms with Crippen molar-refractivity contribution in [2.45, 2.75) is 20.8 Å². The molecule has 4 rings (SSSR count). The number of thioether (sulfide) groups is 1. The predicted molar refractivity (Wildman–Crippen MR) is 131 cm³/mol. The van der Waals surface area contributed by atoms with Crippen molar-refractivity contribution in [1.29, 1.82) is 0 Å². The van der Waals surface area contributed by atoms with Gasteiger partial charge in [-0.2, -0.15) is 0 Å². The highest BCUT2D eigenvalue weighted by Gasteiger charge is 2.36. The minimum atomic E-state index is -0.547. The molecule has 34 heavy (non-hydrogen) atoms. The summed E-state index contributed by atoms with van der Waals surface area (Å²) < 4.78 is 5.80. The average molecular weight is 475 g/mol. The zero-order valence-corrected chi connectivity index (χ0v) is 19.7. The Balaban J connectivity index is 1.44. The number of nitrogens with one attached hydrogen (secondary N) is 1. The molecule has 1 saturated heterocycles. The highest BCUT2D eigenvalue weighted by atomic mass is 32.2. The number of imide groups is 1. The highest BCUT2D eigenvalue weighted by Crippen LogP contribution is 2.33. The molecule has 7 nitrogen and oxygen atoms in total. The van der Waals surface area contributed by atoms with Gasteiger partial charge < -0.3 is 9.73 Å². The molecule has 0 spiro atoms. The van der Waals surface area contributed by atoms with Crippen LogP contribution in [0, 0.1) is 13.8 Å². The van der Waals surface area contributed by atoms with E-state index in [4.69, 9.17) is 4.42 Å². The van der Waals surface area contributed by atoms with Crippen LogP contribution in [-0.2, 0) is 9.59 Å². The molecule has 1 aliphatic rings. The number of rotatable bonds is 6. The quantitative estimate of drug-likeness (QED) is 0.377. The summed E-state index contributed by atoms with van der Waals surface area (Å²) >= 11 is 0.761. The molecule has 1 aromatic heterocycles. The highest BCUT2D eigenvalue weighted by molar-refractivity contribution is 8.18. The van der Waals surface area contributed by atoms with E-state index >= 15 is 0 Å². The van der Waals surface area contributed by atoms with Gasteiger partial charge in [-0.15, -0.1) is 0 Å². The molecule has 0 bridgehead atoms. The monoisotopic (exact) mass is 474 g/mol. The number of hydrogen-bond donors (Lipinski definition) is 1. The van der Waals surface area contributed by atoms with Gasteiger partial charge in [-0.3, -0.25) is 24.1 Å². The van der Waals surface area contributed by atoms with Gasteiger partial charge in [0.15, 0.2) is 5.78 Å². The SMILES string of the molecule is CC(=O)c1ccc(-c2ccc(/C=C3/SC(=O)N(CC(=O)Nc4cc(C)cc(C)c4)C3=O)o2)cc1. The summed E-state index contributed by atoms with van der Waals surface area (Å²) in [6.07, 6.45) is 1.49. The first-order chi connectivity index (χ1) is 16.2. The van der Waals surface area contributed by atoms with Gasteiger partial charge in [-0.05, 0) is 67.9 Å². The second-order valence-electron chi connectivity index (χ2n) is 8.03. The van der Waals surface area contributed by atoms with Crippen molar-refractivity contribution in [3.05, 3.63) is 82.0 Å². The third-order valence-corrected chi connectivity index (χ3v) is 6.06.